The Labute approximate surface area is 104 Å². The number of hydrogen-bond acceptors (Lipinski definition) is 3. The van der Waals surface area contributed by atoms with Crippen molar-refractivity contribution < 1.29 is 4.74 Å². The number of nitrogens with two attached hydrogens (primary N) is 1. The minimum Gasteiger partial charge on any atom is -0.377 e. The number of benzene rings is 1. The third-order valence-electron chi connectivity index (χ3n) is 2.95. The van der Waals surface area contributed by atoms with Gasteiger partial charge in [0.05, 0.1) is 12.1 Å². The molecular weight excluding hydrogens is 212 g/mol. The lowest BCUT2D eigenvalue weighted by Gasteiger charge is -2.23. The first kappa shape index (κ1) is 14.2. The second kappa shape index (κ2) is 6.74. The number of hydrazine groups is 1. The van der Waals surface area contributed by atoms with Crippen LogP contribution in [0.5, 0.6) is 0 Å². The Morgan fingerprint density at radius 3 is 2.29 bits per heavy atom. The van der Waals surface area contributed by atoms with Crippen LogP contribution >= 0.6 is 0 Å². The van der Waals surface area contributed by atoms with Crippen molar-refractivity contribution in [2.24, 2.45) is 5.84 Å². The van der Waals surface area contributed by atoms with E-state index >= 15 is 0 Å². The Morgan fingerprint density at radius 2 is 1.82 bits per heavy atom. The summed E-state index contributed by atoms with van der Waals surface area (Å²) < 4.78 is 5.59. The second-order valence-electron chi connectivity index (χ2n) is 4.63. The summed E-state index contributed by atoms with van der Waals surface area (Å²) >= 11 is 0. The van der Waals surface area contributed by atoms with Gasteiger partial charge in [0.15, 0.2) is 0 Å². The molecule has 0 heterocycles. The molecule has 1 rings (SSSR count). The van der Waals surface area contributed by atoms with Gasteiger partial charge in [0.2, 0.25) is 0 Å². The highest BCUT2D eigenvalue weighted by Gasteiger charge is 2.16. The van der Waals surface area contributed by atoms with Crippen LogP contribution in [0.25, 0.3) is 0 Å². The minimum atomic E-state index is 0.116. The van der Waals surface area contributed by atoms with E-state index in [9.17, 15) is 0 Å². The molecule has 2 atom stereocenters. The molecule has 2 unspecified atom stereocenters. The third kappa shape index (κ3) is 4.46. The van der Waals surface area contributed by atoms with Crippen LogP contribution in [0.1, 0.15) is 30.5 Å². The molecule has 0 amide bonds. The van der Waals surface area contributed by atoms with E-state index in [1.54, 1.807) is 0 Å². The fourth-order valence-electron chi connectivity index (χ4n) is 2.18. The van der Waals surface area contributed by atoms with Gasteiger partial charge >= 0.3 is 0 Å². The van der Waals surface area contributed by atoms with Crippen molar-refractivity contribution in [1.82, 2.24) is 5.43 Å². The summed E-state index contributed by atoms with van der Waals surface area (Å²) in [4.78, 5) is 0. The van der Waals surface area contributed by atoms with Crippen molar-refractivity contribution in [1.29, 1.82) is 0 Å². The van der Waals surface area contributed by atoms with Gasteiger partial charge < -0.3 is 4.74 Å². The SMILES string of the molecule is CCOC(C)C(Cc1cc(C)cc(C)c1)NN. The molecule has 1 aromatic carbocycles. The molecule has 0 aliphatic rings. The highest BCUT2D eigenvalue weighted by Crippen LogP contribution is 2.13. The molecule has 0 aliphatic carbocycles. The van der Waals surface area contributed by atoms with Crippen molar-refractivity contribution in [2.45, 2.75) is 46.3 Å². The fourth-order valence-corrected chi connectivity index (χ4v) is 2.18. The van der Waals surface area contributed by atoms with Gasteiger partial charge in [0, 0.05) is 6.61 Å². The quantitative estimate of drug-likeness (QED) is 0.587. The lowest BCUT2D eigenvalue weighted by atomic mass is 9.99. The average molecular weight is 236 g/mol. The highest BCUT2D eigenvalue weighted by atomic mass is 16.5. The number of nitrogens with one attached hydrogen (secondary N) is 1. The molecule has 0 fully saturated rings. The molecule has 0 saturated carbocycles. The summed E-state index contributed by atoms with van der Waals surface area (Å²) in [5.74, 6) is 5.60. The summed E-state index contributed by atoms with van der Waals surface area (Å²) in [5, 5.41) is 0. The first-order chi connectivity index (χ1) is 8.06. The molecular formula is C14H24N2O. The zero-order chi connectivity index (χ0) is 12.8. The minimum absolute atomic E-state index is 0.116. The van der Waals surface area contributed by atoms with Crippen LogP contribution in [0.2, 0.25) is 0 Å². The van der Waals surface area contributed by atoms with Crippen LogP contribution in [0.4, 0.5) is 0 Å². The maximum absolute atomic E-state index is 5.60. The van der Waals surface area contributed by atoms with Gasteiger partial charge in [-0.15, -0.1) is 0 Å². The summed E-state index contributed by atoms with van der Waals surface area (Å²) in [6.45, 7) is 9.00. The predicted molar refractivity (Wildman–Crippen MR) is 71.8 cm³/mol. The maximum atomic E-state index is 5.60. The first-order valence-corrected chi connectivity index (χ1v) is 6.21. The molecule has 0 spiro atoms. The summed E-state index contributed by atoms with van der Waals surface area (Å²) in [6, 6.07) is 6.74. The van der Waals surface area contributed by atoms with Crippen LogP contribution in [-0.2, 0) is 11.2 Å². The smallest absolute Gasteiger partial charge is 0.0716 e. The first-order valence-electron chi connectivity index (χ1n) is 6.21. The van der Waals surface area contributed by atoms with Gasteiger partial charge in [-0.3, -0.25) is 11.3 Å². The van der Waals surface area contributed by atoms with E-state index in [0.717, 1.165) is 6.42 Å². The van der Waals surface area contributed by atoms with Gasteiger partial charge in [0.1, 0.15) is 0 Å². The van der Waals surface area contributed by atoms with E-state index in [4.69, 9.17) is 10.6 Å². The largest absolute Gasteiger partial charge is 0.377 e. The summed E-state index contributed by atoms with van der Waals surface area (Å²) in [7, 11) is 0. The Balaban J connectivity index is 2.73. The van der Waals surface area contributed by atoms with Crippen molar-refractivity contribution in [3.05, 3.63) is 34.9 Å². The van der Waals surface area contributed by atoms with Gasteiger partial charge in [-0.25, -0.2) is 0 Å². The van der Waals surface area contributed by atoms with Crippen LogP contribution in [0.3, 0.4) is 0 Å². The van der Waals surface area contributed by atoms with Crippen LogP contribution in [-0.4, -0.2) is 18.8 Å². The third-order valence-corrected chi connectivity index (χ3v) is 2.95. The van der Waals surface area contributed by atoms with Crippen molar-refractivity contribution >= 4 is 0 Å². The molecule has 96 valence electrons. The molecule has 0 bridgehead atoms. The molecule has 3 N–H and O–H groups in total. The number of ether oxygens (including phenoxy) is 1. The molecule has 1 aromatic rings. The van der Waals surface area contributed by atoms with E-state index in [1.807, 2.05) is 6.92 Å². The van der Waals surface area contributed by atoms with Crippen LogP contribution in [0.15, 0.2) is 18.2 Å². The Morgan fingerprint density at radius 1 is 1.24 bits per heavy atom. The molecule has 17 heavy (non-hydrogen) atoms. The molecule has 0 saturated heterocycles. The van der Waals surface area contributed by atoms with E-state index in [-0.39, 0.29) is 12.1 Å². The van der Waals surface area contributed by atoms with Crippen molar-refractivity contribution in [3.8, 4) is 0 Å². The monoisotopic (exact) mass is 236 g/mol. The predicted octanol–water partition coefficient (Wildman–Crippen LogP) is 2.10. The number of rotatable bonds is 6. The lowest BCUT2D eigenvalue weighted by molar-refractivity contribution is 0.0476. The maximum Gasteiger partial charge on any atom is 0.0716 e. The zero-order valence-electron chi connectivity index (χ0n) is 11.3. The summed E-state index contributed by atoms with van der Waals surface area (Å²) in [6.07, 6.45) is 1.01. The van der Waals surface area contributed by atoms with E-state index in [2.05, 4.69) is 44.4 Å². The normalized spacial score (nSPS) is 14.6. The average Bonchev–Trinajstić information content (AvgIpc) is 2.24. The number of hydrogen-bond donors (Lipinski definition) is 2. The molecule has 0 aliphatic heterocycles. The van der Waals surface area contributed by atoms with E-state index in [0.29, 0.717) is 6.61 Å². The Kier molecular flexibility index (Phi) is 5.62. The van der Waals surface area contributed by atoms with Crippen LogP contribution in [0, 0.1) is 13.8 Å². The summed E-state index contributed by atoms with van der Waals surface area (Å²) in [5.41, 5.74) is 6.73. The van der Waals surface area contributed by atoms with Crippen molar-refractivity contribution in [2.75, 3.05) is 6.61 Å². The second-order valence-corrected chi connectivity index (χ2v) is 4.63. The molecule has 0 aromatic heterocycles. The van der Waals surface area contributed by atoms with Gasteiger partial charge in [-0.1, -0.05) is 29.3 Å². The highest BCUT2D eigenvalue weighted by molar-refractivity contribution is 5.29. The molecule has 0 radical (unpaired) electrons. The van der Waals surface area contributed by atoms with Gasteiger partial charge in [-0.2, -0.15) is 0 Å². The lowest BCUT2D eigenvalue weighted by Crippen LogP contribution is -2.45. The fraction of sp³-hybridized carbons (Fsp3) is 0.571. The zero-order valence-corrected chi connectivity index (χ0v) is 11.3. The van der Waals surface area contributed by atoms with E-state index in [1.165, 1.54) is 16.7 Å². The number of aryl methyl sites for hydroxylation is 2. The Bertz CT molecular complexity index is 332. The topological polar surface area (TPSA) is 47.3 Å². The van der Waals surface area contributed by atoms with Crippen LogP contribution < -0.4 is 11.3 Å². The Hall–Kier alpha value is -0.900. The molecule has 3 heteroatoms. The molecule has 3 nitrogen and oxygen atoms in total. The van der Waals surface area contributed by atoms with Gasteiger partial charge in [-0.05, 0) is 39.7 Å². The standard InChI is InChI=1S/C14H24N2O/c1-5-17-12(4)14(16-15)9-13-7-10(2)6-11(3)8-13/h6-8,12,14,16H,5,9,15H2,1-4H3. The van der Waals surface area contributed by atoms with E-state index < -0.39 is 0 Å². The van der Waals surface area contributed by atoms with Gasteiger partial charge in [0.25, 0.3) is 0 Å². The van der Waals surface area contributed by atoms with Crippen molar-refractivity contribution in [3.63, 3.8) is 0 Å².